The molecule has 5 nitrogen and oxygen atoms in total. The number of hydrogen-bond acceptors (Lipinski definition) is 4. The maximum absolute atomic E-state index is 11.9. The van der Waals surface area contributed by atoms with Crippen LogP contribution in [0.3, 0.4) is 0 Å². The Kier molecular flexibility index (Phi) is 3.85. The van der Waals surface area contributed by atoms with E-state index in [9.17, 15) is 4.79 Å². The number of hydrogen-bond donors (Lipinski definition) is 2. The number of ether oxygens (including phenoxy) is 1. The third-order valence-electron chi connectivity index (χ3n) is 3.07. The van der Waals surface area contributed by atoms with Crippen LogP contribution in [-0.2, 0) is 4.74 Å². The molecule has 19 heavy (non-hydrogen) atoms. The normalized spacial score (nSPS) is 22.6. The molecule has 1 fully saturated rings. The molecule has 1 saturated heterocycles. The van der Waals surface area contributed by atoms with E-state index in [0.29, 0.717) is 0 Å². The molecule has 1 heterocycles. The molecule has 2 N–H and O–H groups in total. The maximum Gasteiger partial charge on any atom is 0.416 e. The fourth-order valence-corrected chi connectivity index (χ4v) is 2.12. The third kappa shape index (κ3) is 2.59. The molecule has 0 radical (unpaired) electrons. The first-order valence-electron chi connectivity index (χ1n) is 6.12. The summed E-state index contributed by atoms with van der Waals surface area (Å²) in [6.45, 7) is 1.88. The molecule has 1 aliphatic rings. The standard InChI is InChI=1S/C14H17N3O2/c1-10-13(11-6-4-3-5-7-11)19-14(18)17(10)12(15)8-9-16-2/h3-10,13,15-16H,1-2H3/b9-8-,15-12?/t10-,13-/m0/s1. The van der Waals surface area contributed by atoms with Crippen molar-refractivity contribution in [2.45, 2.75) is 19.1 Å². The number of carbonyl (C=O) groups is 1. The van der Waals surface area contributed by atoms with Crippen LogP contribution in [0.1, 0.15) is 18.6 Å². The molecule has 2 atom stereocenters. The molecule has 0 aromatic heterocycles. The topological polar surface area (TPSA) is 65.4 Å². The van der Waals surface area contributed by atoms with Crippen LogP contribution in [0.2, 0.25) is 0 Å². The Bertz CT molecular complexity index is 499. The van der Waals surface area contributed by atoms with Gasteiger partial charge in [0.25, 0.3) is 0 Å². The Morgan fingerprint density at radius 1 is 1.42 bits per heavy atom. The molecule has 100 valence electrons. The number of nitrogens with one attached hydrogen (secondary N) is 2. The second kappa shape index (κ2) is 5.56. The van der Waals surface area contributed by atoms with E-state index >= 15 is 0 Å². The van der Waals surface area contributed by atoms with Crippen molar-refractivity contribution in [3.63, 3.8) is 0 Å². The van der Waals surface area contributed by atoms with Gasteiger partial charge in [-0.1, -0.05) is 30.3 Å². The lowest BCUT2D eigenvalue weighted by Crippen LogP contribution is -2.36. The van der Waals surface area contributed by atoms with Crippen LogP contribution in [0.5, 0.6) is 0 Å². The molecule has 5 heteroatoms. The van der Waals surface area contributed by atoms with Crippen LogP contribution >= 0.6 is 0 Å². The lowest BCUT2D eigenvalue weighted by atomic mass is 10.0. The number of amides is 1. The second-order valence-corrected chi connectivity index (χ2v) is 4.33. The summed E-state index contributed by atoms with van der Waals surface area (Å²) in [4.78, 5) is 13.2. The van der Waals surface area contributed by atoms with Gasteiger partial charge >= 0.3 is 6.09 Å². The minimum atomic E-state index is -0.480. The van der Waals surface area contributed by atoms with Crippen molar-refractivity contribution >= 4 is 11.9 Å². The van der Waals surface area contributed by atoms with Gasteiger partial charge in [-0.15, -0.1) is 0 Å². The van der Waals surface area contributed by atoms with Crippen molar-refractivity contribution in [2.75, 3.05) is 7.05 Å². The summed E-state index contributed by atoms with van der Waals surface area (Å²) in [5, 5.41) is 10.7. The van der Waals surface area contributed by atoms with E-state index in [4.69, 9.17) is 10.1 Å². The Morgan fingerprint density at radius 2 is 2.11 bits per heavy atom. The predicted octanol–water partition coefficient (Wildman–Crippen LogP) is 2.28. The summed E-state index contributed by atoms with van der Waals surface area (Å²) in [7, 11) is 1.74. The van der Waals surface area contributed by atoms with Gasteiger partial charge in [0.1, 0.15) is 11.9 Å². The van der Waals surface area contributed by atoms with Crippen molar-refractivity contribution in [2.24, 2.45) is 0 Å². The van der Waals surface area contributed by atoms with Crippen molar-refractivity contribution in [3.8, 4) is 0 Å². The van der Waals surface area contributed by atoms with Crippen molar-refractivity contribution < 1.29 is 9.53 Å². The molecule has 2 rings (SSSR count). The van der Waals surface area contributed by atoms with E-state index in [1.54, 1.807) is 13.2 Å². The lowest BCUT2D eigenvalue weighted by Gasteiger charge is -2.19. The van der Waals surface area contributed by atoms with Crippen LogP contribution in [0.15, 0.2) is 42.6 Å². The Hall–Kier alpha value is -2.30. The first kappa shape index (κ1) is 13.1. The number of rotatable bonds is 3. The summed E-state index contributed by atoms with van der Waals surface area (Å²) in [6.07, 6.45) is 2.33. The SMILES string of the molecule is CN/C=C\C(=N)N1C(=O)O[C@H](c2ccccc2)[C@@H]1C. The molecule has 1 aromatic carbocycles. The van der Waals surface area contributed by atoms with E-state index in [1.807, 2.05) is 37.3 Å². The van der Waals surface area contributed by atoms with Gasteiger partial charge in [0, 0.05) is 7.05 Å². The minimum Gasteiger partial charge on any atom is -0.439 e. The Balaban J connectivity index is 2.19. The van der Waals surface area contributed by atoms with Gasteiger partial charge in [-0.25, -0.2) is 4.79 Å². The zero-order valence-corrected chi connectivity index (χ0v) is 11.0. The zero-order chi connectivity index (χ0) is 13.8. The molecular formula is C14H17N3O2. The Morgan fingerprint density at radius 3 is 2.74 bits per heavy atom. The third-order valence-corrected chi connectivity index (χ3v) is 3.07. The molecule has 1 aromatic rings. The zero-order valence-electron chi connectivity index (χ0n) is 11.0. The molecule has 1 aliphatic heterocycles. The van der Waals surface area contributed by atoms with Crippen LogP contribution in [0.25, 0.3) is 0 Å². The molecule has 0 unspecified atom stereocenters. The minimum absolute atomic E-state index is 0.116. The second-order valence-electron chi connectivity index (χ2n) is 4.33. The van der Waals surface area contributed by atoms with E-state index in [1.165, 1.54) is 11.0 Å². The smallest absolute Gasteiger partial charge is 0.416 e. The van der Waals surface area contributed by atoms with E-state index in [-0.39, 0.29) is 18.0 Å². The molecule has 0 saturated carbocycles. The van der Waals surface area contributed by atoms with Gasteiger partial charge in [-0.05, 0) is 24.8 Å². The number of benzene rings is 1. The largest absolute Gasteiger partial charge is 0.439 e. The highest BCUT2D eigenvalue weighted by Gasteiger charge is 2.41. The average molecular weight is 259 g/mol. The number of cyclic esters (lactones) is 1. The van der Waals surface area contributed by atoms with Crippen molar-refractivity contribution in [3.05, 3.63) is 48.2 Å². The summed E-state index contributed by atoms with van der Waals surface area (Å²) in [5.74, 6) is 0.116. The molecule has 0 spiro atoms. The van der Waals surface area contributed by atoms with Gasteiger partial charge in [0.05, 0.1) is 6.04 Å². The predicted molar refractivity (Wildman–Crippen MR) is 72.9 cm³/mol. The van der Waals surface area contributed by atoms with Crippen LogP contribution in [-0.4, -0.2) is 29.9 Å². The summed E-state index contributed by atoms with van der Waals surface area (Å²) in [6, 6.07) is 9.37. The number of amidine groups is 1. The summed E-state index contributed by atoms with van der Waals surface area (Å²) in [5.41, 5.74) is 0.941. The number of carbonyl (C=O) groups excluding carboxylic acids is 1. The highest BCUT2D eigenvalue weighted by Crippen LogP contribution is 2.32. The van der Waals surface area contributed by atoms with Crippen molar-refractivity contribution in [1.82, 2.24) is 10.2 Å². The maximum atomic E-state index is 11.9. The van der Waals surface area contributed by atoms with Crippen LogP contribution in [0, 0.1) is 5.41 Å². The average Bonchev–Trinajstić information content (AvgIpc) is 2.72. The fraction of sp³-hybridized carbons (Fsp3) is 0.286. The summed E-state index contributed by atoms with van der Waals surface area (Å²) >= 11 is 0. The number of nitrogens with zero attached hydrogens (tertiary/aromatic N) is 1. The van der Waals surface area contributed by atoms with Crippen LogP contribution < -0.4 is 5.32 Å². The monoisotopic (exact) mass is 259 g/mol. The van der Waals surface area contributed by atoms with Gasteiger partial charge in [0.15, 0.2) is 0 Å². The van der Waals surface area contributed by atoms with Crippen LogP contribution in [0.4, 0.5) is 4.79 Å². The van der Waals surface area contributed by atoms with Gasteiger partial charge in [-0.3, -0.25) is 10.3 Å². The molecule has 0 aliphatic carbocycles. The lowest BCUT2D eigenvalue weighted by molar-refractivity contribution is 0.132. The van der Waals surface area contributed by atoms with Gasteiger partial charge in [-0.2, -0.15) is 0 Å². The highest BCUT2D eigenvalue weighted by molar-refractivity contribution is 6.01. The first-order valence-corrected chi connectivity index (χ1v) is 6.12. The fourth-order valence-electron chi connectivity index (χ4n) is 2.12. The van der Waals surface area contributed by atoms with Gasteiger partial charge < -0.3 is 10.1 Å². The Labute approximate surface area is 112 Å². The molecule has 1 amide bonds. The van der Waals surface area contributed by atoms with E-state index in [2.05, 4.69) is 5.32 Å². The first-order chi connectivity index (χ1) is 9.15. The van der Waals surface area contributed by atoms with E-state index < -0.39 is 6.09 Å². The summed E-state index contributed by atoms with van der Waals surface area (Å²) < 4.78 is 5.37. The quantitative estimate of drug-likeness (QED) is 0.646. The van der Waals surface area contributed by atoms with Crippen molar-refractivity contribution in [1.29, 1.82) is 5.41 Å². The molecule has 0 bridgehead atoms. The molecular weight excluding hydrogens is 242 g/mol. The van der Waals surface area contributed by atoms with Gasteiger partial charge in [0.2, 0.25) is 0 Å². The van der Waals surface area contributed by atoms with E-state index in [0.717, 1.165) is 5.56 Å². The highest BCUT2D eigenvalue weighted by atomic mass is 16.6.